The van der Waals surface area contributed by atoms with Gasteiger partial charge in [-0.05, 0) is 61.4 Å². The second-order valence-corrected chi connectivity index (χ2v) is 6.56. The Morgan fingerprint density at radius 1 is 1.15 bits per heavy atom. The average molecular weight is 372 g/mol. The van der Waals surface area contributed by atoms with Crippen molar-refractivity contribution in [3.8, 4) is 11.4 Å². The Labute approximate surface area is 154 Å². The van der Waals surface area contributed by atoms with Crippen LogP contribution in [0.1, 0.15) is 35.1 Å². The van der Waals surface area contributed by atoms with Crippen LogP contribution >= 0.6 is 11.6 Å². The normalized spacial score (nSPS) is 16.8. The molecule has 7 heteroatoms. The Hall–Kier alpha value is -2.73. The van der Waals surface area contributed by atoms with E-state index in [-0.39, 0.29) is 17.8 Å². The Kier molecular flexibility index (Phi) is 4.42. The fourth-order valence-corrected chi connectivity index (χ4v) is 3.24. The van der Waals surface area contributed by atoms with Gasteiger partial charge in [0.1, 0.15) is 11.9 Å². The summed E-state index contributed by atoms with van der Waals surface area (Å²) in [6.07, 6.45) is 1.61. The first-order valence-electron chi connectivity index (χ1n) is 8.28. The van der Waals surface area contributed by atoms with Crippen LogP contribution < -0.4 is 0 Å². The SMILES string of the molecule is O=C(c1ccc(Cl)cc1)N1CCCC1c1nc(-c2ccc(F)cc2)no1. The van der Waals surface area contributed by atoms with E-state index in [4.69, 9.17) is 16.1 Å². The number of halogens is 2. The maximum atomic E-state index is 13.1. The molecule has 1 aromatic heterocycles. The van der Waals surface area contributed by atoms with Gasteiger partial charge in [-0.2, -0.15) is 4.98 Å². The van der Waals surface area contributed by atoms with Crippen molar-refractivity contribution in [2.75, 3.05) is 6.54 Å². The van der Waals surface area contributed by atoms with Crippen LogP contribution in [0.2, 0.25) is 5.02 Å². The van der Waals surface area contributed by atoms with E-state index in [0.717, 1.165) is 12.8 Å². The quantitative estimate of drug-likeness (QED) is 0.679. The molecule has 0 N–H and O–H groups in total. The van der Waals surface area contributed by atoms with Crippen molar-refractivity contribution in [2.24, 2.45) is 0 Å². The monoisotopic (exact) mass is 371 g/mol. The maximum absolute atomic E-state index is 13.1. The van der Waals surface area contributed by atoms with Gasteiger partial charge in [0.2, 0.25) is 11.7 Å². The molecule has 0 aliphatic carbocycles. The number of hydrogen-bond donors (Lipinski definition) is 0. The summed E-state index contributed by atoms with van der Waals surface area (Å²) in [7, 11) is 0. The Balaban J connectivity index is 1.58. The first kappa shape index (κ1) is 16.7. The molecule has 1 aliphatic rings. The number of carbonyl (C=O) groups excluding carboxylic acids is 1. The van der Waals surface area contributed by atoms with Crippen LogP contribution in [0.4, 0.5) is 4.39 Å². The Morgan fingerprint density at radius 3 is 2.62 bits per heavy atom. The molecule has 2 heterocycles. The van der Waals surface area contributed by atoms with E-state index >= 15 is 0 Å². The van der Waals surface area contributed by atoms with Gasteiger partial charge in [0, 0.05) is 22.7 Å². The summed E-state index contributed by atoms with van der Waals surface area (Å²) >= 11 is 5.89. The number of amides is 1. The number of hydrogen-bond acceptors (Lipinski definition) is 4. The number of likely N-dealkylation sites (tertiary alicyclic amines) is 1. The van der Waals surface area contributed by atoms with Crippen LogP contribution in [-0.2, 0) is 0 Å². The summed E-state index contributed by atoms with van der Waals surface area (Å²) in [6.45, 7) is 0.625. The first-order valence-corrected chi connectivity index (χ1v) is 8.66. The minimum atomic E-state index is -0.326. The first-order chi connectivity index (χ1) is 12.6. The van der Waals surface area contributed by atoms with Gasteiger partial charge in [-0.15, -0.1) is 0 Å². The van der Waals surface area contributed by atoms with Crippen LogP contribution in [0.25, 0.3) is 11.4 Å². The highest BCUT2D eigenvalue weighted by Crippen LogP contribution is 2.33. The van der Waals surface area contributed by atoms with Crippen LogP contribution in [0.5, 0.6) is 0 Å². The van der Waals surface area contributed by atoms with Gasteiger partial charge in [0.25, 0.3) is 5.91 Å². The fraction of sp³-hybridized carbons (Fsp3) is 0.211. The minimum absolute atomic E-state index is 0.0919. The number of nitrogens with zero attached hydrogens (tertiary/aromatic N) is 3. The second-order valence-electron chi connectivity index (χ2n) is 6.13. The summed E-state index contributed by atoms with van der Waals surface area (Å²) in [5.41, 5.74) is 1.23. The van der Waals surface area contributed by atoms with E-state index in [2.05, 4.69) is 10.1 Å². The van der Waals surface area contributed by atoms with Crippen molar-refractivity contribution in [1.29, 1.82) is 0 Å². The third kappa shape index (κ3) is 3.20. The summed E-state index contributed by atoms with van der Waals surface area (Å²) in [5.74, 6) is 0.355. The largest absolute Gasteiger partial charge is 0.337 e. The highest BCUT2D eigenvalue weighted by Gasteiger charge is 2.34. The topological polar surface area (TPSA) is 59.2 Å². The summed E-state index contributed by atoms with van der Waals surface area (Å²) in [6, 6.07) is 12.4. The molecule has 26 heavy (non-hydrogen) atoms. The zero-order valence-corrected chi connectivity index (χ0v) is 14.5. The molecule has 0 bridgehead atoms. The molecule has 3 aromatic rings. The number of carbonyl (C=O) groups is 1. The third-order valence-corrected chi connectivity index (χ3v) is 4.69. The predicted molar refractivity (Wildman–Crippen MR) is 94.2 cm³/mol. The lowest BCUT2D eigenvalue weighted by Crippen LogP contribution is -2.30. The molecule has 4 rings (SSSR count). The lowest BCUT2D eigenvalue weighted by atomic mass is 10.1. The van der Waals surface area contributed by atoms with E-state index in [1.807, 2.05) is 0 Å². The third-order valence-electron chi connectivity index (χ3n) is 4.43. The van der Waals surface area contributed by atoms with Gasteiger partial charge in [0.15, 0.2) is 0 Å². The number of benzene rings is 2. The molecule has 0 radical (unpaired) electrons. The Morgan fingerprint density at radius 2 is 1.88 bits per heavy atom. The van der Waals surface area contributed by atoms with E-state index in [1.54, 1.807) is 41.3 Å². The van der Waals surface area contributed by atoms with Crippen molar-refractivity contribution in [2.45, 2.75) is 18.9 Å². The van der Waals surface area contributed by atoms with Crippen LogP contribution in [-0.4, -0.2) is 27.5 Å². The second kappa shape index (κ2) is 6.88. The Bertz CT molecular complexity index is 925. The van der Waals surface area contributed by atoms with E-state index in [9.17, 15) is 9.18 Å². The predicted octanol–water partition coefficient (Wildman–Crippen LogP) is 4.51. The molecule has 1 fully saturated rings. The van der Waals surface area contributed by atoms with Crippen LogP contribution in [0.3, 0.4) is 0 Å². The minimum Gasteiger partial charge on any atom is -0.337 e. The molecule has 5 nitrogen and oxygen atoms in total. The zero-order valence-electron chi connectivity index (χ0n) is 13.7. The highest BCUT2D eigenvalue weighted by atomic mass is 35.5. The maximum Gasteiger partial charge on any atom is 0.254 e. The fourth-order valence-electron chi connectivity index (χ4n) is 3.11. The van der Waals surface area contributed by atoms with E-state index in [0.29, 0.717) is 34.4 Å². The summed E-state index contributed by atoms with van der Waals surface area (Å²) in [4.78, 5) is 19.0. The van der Waals surface area contributed by atoms with Gasteiger partial charge >= 0.3 is 0 Å². The molecule has 1 aliphatic heterocycles. The van der Waals surface area contributed by atoms with E-state index < -0.39 is 0 Å². The van der Waals surface area contributed by atoms with Crippen molar-refractivity contribution >= 4 is 17.5 Å². The molecular formula is C19H15ClFN3O2. The molecule has 0 saturated carbocycles. The molecule has 1 saturated heterocycles. The summed E-state index contributed by atoms with van der Waals surface area (Å²) < 4.78 is 18.5. The average Bonchev–Trinajstić information content (AvgIpc) is 3.31. The van der Waals surface area contributed by atoms with Crippen molar-refractivity contribution in [3.63, 3.8) is 0 Å². The van der Waals surface area contributed by atoms with Crippen molar-refractivity contribution < 1.29 is 13.7 Å². The lowest BCUT2D eigenvalue weighted by molar-refractivity contribution is 0.0710. The summed E-state index contributed by atoms with van der Waals surface area (Å²) in [5, 5.41) is 4.56. The van der Waals surface area contributed by atoms with Gasteiger partial charge in [-0.1, -0.05) is 16.8 Å². The highest BCUT2D eigenvalue weighted by molar-refractivity contribution is 6.30. The molecule has 2 aromatic carbocycles. The molecule has 132 valence electrons. The molecule has 1 unspecified atom stereocenters. The molecule has 1 amide bonds. The van der Waals surface area contributed by atoms with Crippen LogP contribution in [0.15, 0.2) is 53.1 Å². The standard InChI is InChI=1S/C19H15ClFN3O2/c20-14-7-3-13(4-8-14)19(25)24-11-1-2-16(24)18-22-17(23-26-18)12-5-9-15(21)10-6-12/h3-10,16H,1-2,11H2. The zero-order chi connectivity index (χ0) is 18.1. The van der Waals surface area contributed by atoms with Gasteiger partial charge in [-0.25, -0.2) is 4.39 Å². The van der Waals surface area contributed by atoms with Crippen molar-refractivity contribution in [1.82, 2.24) is 15.0 Å². The smallest absolute Gasteiger partial charge is 0.254 e. The lowest BCUT2D eigenvalue weighted by Gasteiger charge is -2.21. The molecule has 1 atom stereocenters. The van der Waals surface area contributed by atoms with E-state index in [1.165, 1.54) is 12.1 Å². The van der Waals surface area contributed by atoms with Gasteiger partial charge in [-0.3, -0.25) is 4.79 Å². The van der Waals surface area contributed by atoms with Crippen molar-refractivity contribution in [3.05, 3.63) is 70.8 Å². The number of aromatic nitrogens is 2. The number of rotatable bonds is 3. The van der Waals surface area contributed by atoms with Gasteiger partial charge in [0.05, 0.1) is 0 Å². The van der Waals surface area contributed by atoms with Crippen LogP contribution in [0, 0.1) is 5.82 Å². The molecular weight excluding hydrogens is 357 g/mol. The van der Waals surface area contributed by atoms with Gasteiger partial charge < -0.3 is 9.42 Å². The molecule has 0 spiro atoms.